The lowest BCUT2D eigenvalue weighted by Crippen LogP contribution is -2.40. The molecule has 1 aliphatic rings. The van der Waals surface area contributed by atoms with Gasteiger partial charge in [-0.05, 0) is 25.2 Å². The highest BCUT2D eigenvalue weighted by atomic mass is 16.3. The van der Waals surface area contributed by atoms with Crippen molar-refractivity contribution in [1.82, 2.24) is 0 Å². The van der Waals surface area contributed by atoms with Crippen molar-refractivity contribution in [3.8, 4) is 0 Å². The summed E-state index contributed by atoms with van der Waals surface area (Å²) in [5.74, 6) is 0.710. The Morgan fingerprint density at radius 1 is 1.78 bits per heavy atom. The van der Waals surface area contributed by atoms with E-state index in [1.165, 1.54) is 6.42 Å². The Hall–Kier alpha value is -0.0800. The second-order valence-corrected chi connectivity index (χ2v) is 3.37. The van der Waals surface area contributed by atoms with Crippen LogP contribution in [0.2, 0.25) is 0 Å². The Morgan fingerprint density at radius 2 is 2.44 bits per heavy atom. The molecule has 0 aliphatic heterocycles. The van der Waals surface area contributed by atoms with E-state index in [1.54, 1.807) is 0 Å². The molecule has 0 aromatic heterocycles. The molecule has 2 atom stereocenters. The van der Waals surface area contributed by atoms with E-state index in [9.17, 15) is 0 Å². The monoisotopic (exact) mass is 129 g/mol. The van der Waals surface area contributed by atoms with Gasteiger partial charge < -0.3 is 10.8 Å². The van der Waals surface area contributed by atoms with Gasteiger partial charge in [0.05, 0.1) is 6.61 Å². The highest BCUT2D eigenvalue weighted by Gasteiger charge is 2.32. The third-order valence-electron chi connectivity index (χ3n) is 2.20. The predicted octanol–water partition coefficient (Wildman–Crippen LogP) is 0.496. The van der Waals surface area contributed by atoms with Crippen LogP contribution in [-0.4, -0.2) is 17.3 Å². The van der Waals surface area contributed by atoms with E-state index in [-0.39, 0.29) is 12.1 Å². The molecule has 0 radical (unpaired) electrons. The lowest BCUT2D eigenvalue weighted by molar-refractivity contribution is 0.196. The van der Waals surface area contributed by atoms with Gasteiger partial charge >= 0.3 is 0 Å². The lowest BCUT2D eigenvalue weighted by Gasteiger charge is -2.19. The molecule has 1 rings (SSSR count). The molecule has 54 valence electrons. The standard InChI is InChI=1S/C7H15NO/c1-6-2-3-7(8,4-6)5-9/h6,9H,2-5,8H2,1H3. The van der Waals surface area contributed by atoms with Crippen LogP contribution >= 0.6 is 0 Å². The average Bonchev–Trinajstić information content (AvgIpc) is 2.13. The maximum atomic E-state index is 8.82. The van der Waals surface area contributed by atoms with Crippen molar-refractivity contribution in [2.75, 3.05) is 6.61 Å². The number of hydrogen-bond donors (Lipinski definition) is 2. The lowest BCUT2D eigenvalue weighted by atomic mass is 9.99. The van der Waals surface area contributed by atoms with Gasteiger partial charge in [-0.3, -0.25) is 0 Å². The van der Waals surface area contributed by atoms with E-state index in [4.69, 9.17) is 10.8 Å². The van der Waals surface area contributed by atoms with Gasteiger partial charge in [-0.15, -0.1) is 0 Å². The molecular weight excluding hydrogens is 114 g/mol. The molecule has 0 aromatic carbocycles. The van der Waals surface area contributed by atoms with E-state index in [2.05, 4.69) is 6.92 Å². The van der Waals surface area contributed by atoms with Gasteiger partial charge in [0.25, 0.3) is 0 Å². The minimum Gasteiger partial charge on any atom is -0.394 e. The number of aliphatic hydroxyl groups excluding tert-OH is 1. The molecule has 2 heteroatoms. The molecule has 9 heavy (non-hydrogen) atoms. The molecule has 0 saturated heterocycles. The van der Waals surface area contributed by atoms with Crippen molar-refractivity contribution in [2.24, 2.45) is 11.7 Å². The third kappa shape index (κ3) is 1.43. The van der Waals surface area contributed by atoms with Gasteiger partial charge in [0, 0.05) is 5.54 Å². The summed E-state index contributed by atoms with van der Waals surface area (Å²) in [6, 6.07) is 0. The number of rotatable bonds is 1. The van der Waals surface area contributed by atoms with Gasteiger partial charge in [0.1, 0.15) is 0 Å². The average molecular weight is 129 g/mol. The van der Waals surface area contributed by atoms with E-state index in [0.717, 1.165) is 12.8 Å². The summed E-state index contributed by atoms with van der Waals surface area (Å²) >= 11 is 0. The van der Waals surface area contributed by atoms with Gasteiger partial charge in [-0.1, -0.05) is 6.92 Å². The summed E-state index contributed by atoms with van der Waals surface area (Å²) < 4.78 is 0. The van der Waals surface area contributed by atoms with Crippen LogP contribution < -0.4 is 5.73 Å². The van der Waals surface area contributed by atoms with Crippen LogP contribution in [0.3, 0.4) is 0 Å². The molecule has 2 unspecified atom stereocenters. The van der Waals surface area contributed by atoms with Crippen molar-refractivity contribution >= 4 is 0 Å². The first-order valence-electron chi connectivity index (χ1n) is 3.56. The van der Waals surface area contributed by atoms with Crippen LogP contribution in [0, 0.1) is 5.92 Å². The zero-order valence-electron chi connectivity index (χ0n) is 5.93. The van der Waals surface area contributed by atoms with Crippen LogP contribution in [0.25, 0.3) is 0 Å². The zero-order chi connectivity index (χ0) is 6.91. The fourth-order valence-corrected chi connectivity index (χ4v) is 1.58. The third-order valence-corrected chi connectivity index (χ3v) is 2.20. The molecule has 1 saturated carbocycles. The second-order valence-electron chi connectivity index (χ2n) is 3.37. The minimum absolute atomic E-state index is 0.150. The van der Waals surface area contributed by atoms with Crippen LogP contribution in [0.1, 0.15) is 26.2 Å². The largest absolute Gasteiger partial charge is 0.394 e. The van der Waals surface area contributed by atoms with Crippen LogP contribution in [0.5, 0.6) is 0 Å². The fourth-order valence-electron chi connectivity index (χ4n) is 1.58. The van der Waals surface area contributed by atoms with Crippen LogP contribution in [0.4, 0.5) is 0 Å². The summed E-state index contributed by atoms with van der Waals surface area (Å²) in [7, 11) is 0. The molecule has 0 heterocycles. The summed E-state index contributed by atoms with van der Waals surface area (Å²) in [6.45, 7) is 2.33. The topological polar surface area (TPSA) is 46.2 Å². The first-order valence-corrected chi connectivity index (χ1v) is 3.56. The molecule has 3 N–H and O–H groups in total. The maximum Gasteiger partial charge on any atom is 0.0611 e. The van der Waals surface area contributed by atoms with Gasteiger partial charge in [0.15, 0.2) is 0 Å². The molecule has 0 spiro atoms. The van der Waals surface area contributed by atoms with Crippen molar-refractivity contribution in [3.05, 3.63) is 0 Å². The maximum absolute atomic E-state index is 8.82. The van der Waals surface area contributed by atoms with Crippen LogP contribution in [-0.2, 0) is 0 Å². The highest BCUT2D eigenvalue weighted by Crippen LogP contribution is 2.31. The van der Waals surface area contributed by atoms with Gasteiger partial charge in [0.2, 0.25) is 0 Å². The van der Waals surface area contributed by atoms with E-state index in [1.807, 2.05) is 0 Å². The summed E-state index contributed by atoms with van der Waals surface area (Å²) in [5.41, 5.74) is 5.56. The molecule has 0 aromatic rings. The molecule has 1 fully saturated rings. The second kappa shape index (κ2) is 2.27. The predicted molar refractivity (Wildman–Crippen MR) is 37.0 cm³/mol. The van der Waals surface area contributed by atoms with Gasteiger partial charge in [-0.2, -0.15) is 0 Å². The van der Waals surface area contributed by atoms with Crippen LogP contribution in [0.15, 0.2) is 0 Å². The van der Waals surface area contributed by atoms with E-state index < -0.39 is 0 Å². The Kier molecular flexibility index (Phi) is 1.78. The number of nitrogens with two attached hydrogens (primary N) is 1. The normalized spacial score (nSPS) is 43.7. The number of hydrogen-bond acceptors (Lipinski definition) is 2. The Balaban J connectivity index is 2.45. The molecule has 0 bridgehead atoms. The SMILES string of the molecule is CC1CCC(N)(CO)C1. The van der Waals surface area contributed by atoms with Crippen molar-refractivity contribution in [2.45, 2.75) is 31.7 Å². The Morgan fingerprint density at radius 3 is 2.67 bits per heavy atom. The van der Waals surface area contributed by atoms with E-state index >= 15 is 0 Å². The first kappa shape index (κ1) is 7.03. The Labute approximate surface area is 56.1 Å². The summed E-state index contributed by atoms with van der Waals surface area (Å²) in [4.78, 5) is 0. The first-order chi connectivity index (χ1) is 4.16. The van der Waals surface area contributed by atoms with E-state index in [0.29, 0.717) is 5.92 Å². The molecule has 1 aliphatic carbocycles. The van der Waals surface area contributed by atoms with Crippen molar-refractivity contribution in [3.63, 3.8) is 0 Å². The number of aliphatic hydroxyl groups is 1. The Bertz CT molecular complexity index is 105. The fraction of sp³-hybridized carbons (Fsp3) is 1.00. The summed E-state index contributed by atoms with van der Waals surface area (Å²) in [6.07, 6.45) is 3.16. The smallest absolute Gasteiger partial charge is 0.0611 e. The van der Waals surface area contributed by atoms with Crippen molar-refractivity contribution < 1.29 is 5.11 Å². The molecule has 0 amide bonds. The van der Waals surface area contributed by atoms with Crippen molar-refractivity contribution in [1.29, 1.82) is 0 Å². The molecule has 2 nitrogen and oxygen atoms in total. The minimum atomic E-state index is -0.237. The molecular formula is C7H15NO. The highest BCUT2D eigenvalue weighted by molar-refractivity contribution is 4.91. The zero-order valence-corrected chi connectivity index (χ0v) is 5.93. The summed E-state index contributed by atoms with van der Waals surface area (Å²) in [5, 5.41) is 8.82. The van der Waals surface area contributed by atoms with Gasteiger partial charge in [-0.25, -0.2) is 0 Å². The quantitative estimate of drug-likeness (QED) is 0.541.